The summed E-state index contributed by atoms with van der Waals surface area (Å²) in [5.74, 6) is 1.11. The molecule has 1 N–H and O–H groups in total. The first-order valence-corrected chi connectivity index (χ1v) is 8.69. The van der Waals surface area contributed by atoms with Crippen LogP contribution in [0.1, 0.15) is 0 Å². The summed E-state index contributed by atoms with van der Waals surface area (Å²) in [6.45, 7) is -0.301. The van der Waals surface area contributed by atoms with Crippen molar-refractivity contribution in [2.75, 3.05) is 26.1 Å². The molecule has 1 heterocycles. The van der Waals surface area contributed by atoms with Gasteiger partial charge in [0.05, 0.1) is 24.8 Å². The number of rotatable bonds is 7. The van der Waals surface area contributed by atoms with E-state index in [4.69, 9.17) is 41.8 Å². The lowest BCUT2D eigenvalue weighted by molar-refractivity contribution is -0.118. The lowest BCUT2D eigenvalue weighted by Crippen LogP contribution is -2.20. The number of amides is 1. The number of hydrogen-bond acceptors (Lipinski definition) is 7. The summed E-state index contributed by atoms with van der Waals surface area (Å²) in [4.78, 5) is 12.0. The first kappa shape index (κ1) is 19.8. The SMILES string of the molecule is COc1ccc(-c2nnc(NC(=O)COc3ccc(Cl)cc3Cl)o2)c(OC)c1. The Morgan fingerprint density at radius 2 is 1.89 bits per heavy atom. The molecule has 3 aromatic rings. The third kappa shape index (κ3) is 4.65. The van der Waals surface area contributed by atoms with Gasteiger partial charge in [0.2, 0.25) is 0 Å². The minimum atomic E-state index is -0.497. The van der Waals surface area contributed by atoms with Gasteiger partial charge in [0, 0.05) is 11.1 Å². The third-order valence-corrected chi connectivity index (χ3v) is 4.09. The number of carbonyl (C=O) groups is 1. The predicted octanol–water partition coefficient (Wildman–Crippen LogP) is 4.08. The molecule has 10 heteroatoms. The number of ether oxygens (including phenoxy) is 3. The van der Waals surface area contributed by atoms with Crippen LogP contribution in [0.2, 0.25) is 10.0 Å². The summed E-state index contributed by atoms with van der Waals surface area (Å²) in [5, 5.41) is 10.9. The quantitative estimate of drug-likeness (QED) is 0.611. The Morgan fingerprint density at radius 1 is 1.07 bits per heavy atom. The number of anilines is 1. The Bertz CT molecular complexity index is 993. The van der Waals surface area contributed by atoms with Gasteiger partial charge in [-0.25, -0.2) is 0 Å². The second-order valence-corrected chi connectivity index (χ2v) is 6.23. The summed E-state index contributed by atoms with van der Waals surface area (Å²) in [7, 11) is 3.06. The van der Waals surface area contributed by atoms with Gasteiger partial charge in [-0.05, 0) is 30.3 Å². The predicted molar refractivity (Wildman–Crippen MR) is 103 cm³/mol. The van der Waals surface area contributed by atoms with E-state index in [0.717, 1.165) is 0 Å². The lowest BCUT2D eigenvalue weighted by atomic mass is 10.2. The van der Waals surface area contributed by atoms with E-state index in [1.165, 1.54) is 13.2 Å². The van der Waals surface area contributed by atoms with Crippen LogP contribution in [0.25, 0.3) is 11.5 Å². The zero-order valence-corrected chi connectivity index (χ0v) is 16.4. The van der Waals surface area contributed by atoms with Gasteiger partial charge >= 0.3 is 6.01 Å². The van der Waals surface area contributed by atoms with E-state index < -0.39 is 5.91 Å². The van der Waals surface area contributed by atoms with Crippen LogP contribution in [0.4, 0.5) is 6.01 Å². The molecule has 146 valence electrons. The molecule has 28 heavy (non-hydrogen) atoms. The van der Waals surface area contributed by atoms with Crippen molar-refractivity contribution >= 4 is 35.1 Å². The topological polar surface area (TPSA) is 95.7 Å². The van der Waals surface area contributed by atoms with E-state index in [2.05, 4.69) is 15.5 Å². The van der Waals surface area contributed by atoms with Crippen molar-refractivity contribution in [3.05, 3.63) is 46.4 Å². The first-order chi connectivity index (χ1) is 13.5. The van der Waals surface area contributed by atoms with Gasteiger partial charge in [-0.1, -0.05) is 28.3 Å². The highest BCUT2D eigenvalue weighted by atomic mass is 35.5. The van der Waals surface area contributed by atoms with Crippen LogP contribution in [0.5, 0.6) is 17.2 Å². The molecule has 1 amide bonds. The number of methoxy groups -OCH3 is 2. The first-order valence-electron chi connectivity index (χ1n) is 7.93. The molecule has 0 aliphatic rings. The van der Waals surface area contributed by atoms with Crippen molar-refractivity contribution < 1.29 is 23.4 Å². The fraction of sp³-hybridized carbons (Fsp3) is 0.167. The van der Waals surface area contributed by atoms with Crippen molar-refractivity contribution in [1.82, 2.24) is 10.2 Å². The van der Waals surface area contributed by atoms with E-state index in [-0.39, 0.29) is 18.5 Å². The molecule has 8 nitrogen and oxygen atoms in total. The van der Waals surface area contributed by atoms with Crippen molar-refractivity contribution in [1.29, 1.82) is 0 Å². The molecule has 0 aliphatic carbocycles. The molecule has 0 saturated heterocycles. The Hall–Kier alpha value is -2.97. The molecule has 0 atom stereocenters. The van der Waals surface area contributed by atoms with E-state index in [0.29, 0.717) is 32.9 Å². The number of halogens is 2. The van der Waals surface area contributed by atoms with Gasteiger partial charge in [0.15, 0.2) is 6.61 Å². The fourth-order valence-corrected chi connectivity index (χ4v) is 2.71. The van der Waals surface area contributed by atoms with E-state index in [1.54, 1.807) is 37.4 Å². The Labute approximate surface area is 170 Å². The molecule has 2 aromatic carbocycles. The highest BCUT2D eigenvalue weighted by Gasteiger charge is 2.16. The summed E-state index contributed by atoms with van der Waals surface area (Å²) < 4.78 is 21.3. The maximum Gasteiger partial charge on any atom is 0.322 e. The van der Waals surface area contributed by atoms with Crippen LogP contribution in [-0.2, 0) is 4.79 Å². The highest BCUT2D eigenvalue weighted by molar-refractivity contribution is 6.35. The van der Waals surface area contributed by atoms with Crippen molar-refractivity contribution in [3.8, 4) is 28.7 Å². The molecule has 1 aromatic heterocycles. The van der Waals surface area contributed by atoms with E-state index in [1.807, 2.05) is 0 Å². The summed E-state index contributed by atoms with van der Waals surface area (Å²) >= 11 is 11.8. The molecule has 0 aliphatic heterocycles. The number of nitrogens with one attached hydrogen (secondary N) is 1. The van der Waals surface area contributed by atoms with Gasteiger partial charge in [-0.3, -0.25) is 10.1 Å². The van der Waals surface area contributed by atoms with Crippen molar-refractivity contribution in [3.63, 3.8) is 0 Å². The number of nitrogens with zero attached hydrogens (tertiary/aromatic N) is 2. The number of benzene rings is 2. The largest absolute Gasteiger partial charge is 0.497 e. The van der Waals surface area contributed by atoms with Crippen LogP contribution in [0.3, 0.4) is 0 Å². The zero-order chi connectivity index (χ0) is 20.1. The minimum Gasteiger partial charge on any atom is -0.497 e. The third-order valence-electron chi connectivity index (χ3n) is 3.56. The fourth-order valence-electron chi connectivity index (χ4n) is 2.25. The van der Waals surface area contributed by atoms with Crippen LogP contribution in [0.15, 0.2) is 40.8 Å². The van der Waals surface area contributed by atoms with E-state index >= 15 is 0 Å². The maximum absolute atomic E-state index is 12.0. The summed E-state index contributed by atoms with van der Waals surface area (Å²) in [6, 6.07) is 9.73. The van der Waals surface area contributed by atoms with Crippen molar-refractivity contribution in [2.24, 2.45) is 0 Å². The van der Waals surface area contributed by atoms with Crippen LogP contribution < -0.4 is 19.5 Å². The molecular weight excluding hydrogens is 409 g/mol. The van der Waals surface area contributed by atoms with Crippen LogP contribution in [0, 0.1) is 0 Å². The molecule has 0 bridgehead atoms. The van der Waals surface area contributed by atoms with Gasteiger partial charge in [0.1, 0.15) is 17.2 Å². The minimum absolute atomic E-state index is 0.0799. The molecular formula is C18H15Cl2N3O5. The van der Waals surface area contributed by atoms with Gasteiger partial charge in [0.25, 0.3) is 11.8 Å². The lowest BCUT2D eigenvalue weighted by Gasteiger charge is -2.07. The van der Waals surface area contributed by atoms with Crippen LogP contribution in [-0.4, -0.2) is 36.9 Å². The summed E-state index contributed by atoms with van der Waals surface area (Å²) in [5.41, 5.74) is 0.556. The van der Waals surface area contributed by atoms with Gasteiger partial charge in [-0.2, -0.15) is 0 Å². The summed E-state index contributed by atoms with van der Waals surface area (Å²) in [6.07, 6.45) is 0. The molecule has 0 radical (unpaired) electrons. The Morgan fingerprint density at radius 3 is 2.61 bits per heavy atom. The standard InChI is InChI=1S/C18H15Cl2N3O5/c1-25-11-4-5-12(15(8-11)26-2)17-22-23-18(28-17)21-16(24)9-27-14-6-3-10(19)7-13(14)20/h3-8H,9H2,1-2H3,(H,21,23,24). The maximum atomic E-state index is 12.0. The van der Waals surface area contributed by atoms with Crippen molar-refractivity contribution in [2.45, 2.75) is 0 Å². The zero-order valence-electron chi connectivity index (χ0n) is 14.9. The Balaban J connectivity index is 1.65. The molecule has 0 spiro atoms. The van der Waals surface area contributed by atoms with Gasteiger partial charge in [-0.15, -0.1) is 5.10 Å². The second-order valence-electron chi connectivity index (χ2n) is 5.39. The highest BCUT2D eigenvalue weighted by Crippen LogP contribution is 2.33. The average molecular weight is 424 g/mol. The second kappa shape index (κ2) is 8.81. The Kier molecular flexibility index (Phi) is 6.23. The van der Waals surface area contributed by atoms with Crippen LogP contribution >= 0.6 is 23.2 Å². The number of carbonyl (C=O) groups excluding carboxylic acids is 1. The average Bonchev–Trinajstić information content (AvgIpc) is 3.14. The molecule has 0 saturated carbocycles. The monoisotopic (exact) mass is 423 g/mol. The molecule has 3 rings (SSSR count). The number of aromatic nitrogens is 2. The smallest absolute Gasteiger partial charge is 0.322 e. The normalized spacial score (nSPS) is 10.4. The molecule has 0 fully saturated rings. The van der Waals surface area contributed by atoms with E-state index in [9.17, 15) is 4.79 Å². The number of hydrogen-bond donors (Lipinski definition) is 1. The molecule has 0 unspecified atom stereocenters. The van der Waals surface area contributed by atoms with Gasteiger partial charge < -0.3 is 18.6 Å².